The normalized spacial score (nSPS) is 17.2. The number of amides is 1. The van der Waals surface area contributed by atoms with Crippen LogP contribution in [0.1, 0.15) is 49.0 Å². The van der Waals surface area contributed by atoms with Crippen LogP contribution in [-0.4, -0.2) is 34.1 Å². The van der Waals surface area contributed by atoms with Gasteiger partial charge in [0, 0.05) is 19.9 Å². The molecule has 2 heterocycles. The second-order valence-corrected chi connectivity index (χ2v) is 6.13. The molecule has 1 atom stereocenters. The number of para-hydroxylation sites is 1. The van der Waals surface area contributed by atoms with Crippen LogP contribution in [0.3, 0.4) is 0 Å². The van der Waals surface area contributed by atoms with Gasteiger partial charge in [-0.1, -0.05) is 23.4 Å². The number of likely N-dealkylation sites (tertiary alicyclic amines) is 1. The molecule has 0 unspecified atom stereocenters. The van der Waals surface area contributed by atoms with Crippen LogP contribution in [-0.2, 0) is 4.79 Å². The van der Waals surface area contributed by atoms with E-state index in [1.807, 2.05) is 36.1 Å². The lowest BCUT2D eigenvalue weighted by molar-refractivity contribution is -0.132. The Balaban J connectivity index is 1.49. The van der Waals surface area contributed by atoms with Crippen molar-refractivity contribution < 1.29 is 14.1 Å². The molecule has 1 aliphatic heterocycles. The van der Waals surface area contributed by atoms with E-state index in [1.54, 1.807) is 6.92 Å². The van der Waals surface area contributed by atoms with E-state index in [4.69, 9.17) is 9.26 Å². The SMILES string of the molecule is Cc1nc([C@H]2CCCN2C(=O)CCCOc2ccccc2C)no1. The Morgan fingerprint density at radius 2 is 2.21 bits per heavy atom. The van der Waals surface area contributed by atoms with Crippen LogP contribution in [0, 0.1) is 13.8 Å². The molecule has 128 valence electrons. The Morgan fingerprint density at radius 1 is 1.38 bits per heavy atom. The first-order valence-corrected chi connectivity index (χ1v) is 8.43. The number of nitrogens with zero attached hydrogens (tertiary/aromatic N) is 3. The van der Waals surface area contributed by atoms with Gasteiger partial charge in [0.05, 0.1) is 12.6 Å². The molecule has 2 aromatic rings. The highest BCUT2D eigenvalue weighted by Gasteiger charge is 2.32. The zero-order valence-corrected chi connectivity index (χ0v) is 14.2. The lowest BCUT2D eigenvalue weighted by Crippen LogP contribution is -2.31. The van der Waals surface area contributed by atoms with Gasteiger partial charge in [0.1, 0.15) is 5.75 Å². The summed E-state index contributed by atoms with van der Waals surface area (Å²) in [6.45, 7) is 5.08. The standard InChI is InChI=1S/C18H23N3O3/c1-13-7-3-4-9-16(13)23-12-6-10-17(22)21-11-5-8-15(21)18-19-14(2)24-20-18/h3-4,7,9,15H,5-6,8,10-12H2,1-2H3/t15-/m1/s1. The number of carbonyl (C=O) groups is 1. The summed E-state index contributed by atoms with van der Waals surface area (Å²) in [5.41, 5.74) is 1.11. The summed E-state index contributed by atoms with van der Waals surface area (Å²) in [5.74, 6) is 2.17. The smallest absolute Gasteiger partial charge is 0.223 e. The molecule has 0 aliphatic carbocycles. The Morgan fingerprint density at radius 3 is 2.96 bits per heavy atom. The van der Waals surface area contributed by atoms with Gasteiger partial charge in [-0.25, -0.2) is 0 Å². The first kappa shape index (κ1) is 16.5. The third-order valence-corrected chi connectivity index (χ3v) is 4.30. The van der Waals surface area contributed by atoms with Crippen molar-refractivity contribution in [3.63, 3.8) is 0 Å². The molecular weight excluding hydrogens is 306 g/mol. The molecule has 0 bridgehead atoms. The van der Waals surface area contributed by atoms with Gasteiger partial charge in [0.15, 0.2) is 5.82 Å². The summed E-state index contributed by atoms with van der Waals surface area (Å²) >= 11 is 0. The van der Waals surface area contributed by atoms with Crippen molar-refractivity contribution in [2.24, 2.45) is 0 Å². The minimum atomic E-state index is -0.0489. The number of hydrogen-bond donors (Lipinski definition) is 0. The lowest BCUT2D eigenvalue weighted by Gasteiger charge is -2.22. The molecule has 3 rings (SSSR count). The number of rotatable bonds is 6. The second kappa shape index (κ2) is 7.47. The monoisotopic (exact) mass is 329 g/mol. The molecule has 1 aromatic heterocycles. The van der Waals surface area contributed by atoms with Crippen LogP contribution in [0.4, 0.5) is 0 Å². The molecule has 6 nitrogen and oxygen atoms in total. The van der Waals surface area contributed by atoms with Gasteiger partial charge in [-0.3, -0.25) is 4.79 Å². The van der Waals surface area contributed by atoms with E-state index in [-0.39, 0.29) is 11.9 Å². The van der Waals surface area contributed by atoms with Gasteiger partial charge in [0.25, 0.3) is 0 Å². The highest BCUT2D eigenvalue weighted by Crippen LogP contribution is 2.30. The zero-order valence-electron chi connectivity index (χ0n) is 14.2. The van der Waals surface area contributed by atoms with Crippen LogP contribution in [0.2, 0.25) is 0 Å². The number of aryl methyl sites for hydroxylation is 2. The maximum Gasteiger partial charge on any atom is 0.223 e. The first-order valence-electron chi connectivity index (χ1n) is 8.43. The summed E-state index contributed by atoms with van der Waals surface area (Å²) in [5, 5.41) is 3.97. The van der Waals surface area contributed by atoms with Crippen LogP contribution in [0.25, 0.3) is 0 Å². The number of carbonyl (C=O) groups excluding carboxylic acids is 1. The van der Waals surface area contributed by atoms with Crippen molar-refractivity contribution in [1.82, 2.24) is 15.0 Å². The molecule has 0 saturated carbocycles. The fourth-order valence-corrected chi connectivity index (χ4v) is 3.05. The average molecular weight is 329 g/mol. The van der Waals surface area contributed by atoms with Crippen LogP contribution < -0.4 is 4.74 Å². The molecule has 1 amide bonds. The Bertz CT molecular complexity index is 698. The fraction of sp³-hybridized carbons (Fsp3) is 0.500. The summed E-state index contributed by atoms with van der Waals surface area (Å²) in [4.78, 5) is 18.6. The largest absolute Gasteiger partial charge is 0.493 e. The van der Waals surface area contributed by atoms with E-state index >= 15 is 0 Å². The van der Waals surface area contributed by atoms with Crippen LogP contribution >= 0.6 is 0 Å². The van der Waals surface area contributed by atoms with Gasteiger partial charge < -0.3 is 14.2 Å². The quantitative estimate of drug-likeness (QED) is 0.761. The Kier molecular flexibility index (Phi) is 5.13. The molecule has 1 aliphatic rings. The van der Waals surface area contributed by atoms with E-state index in [0.717, 1.165) is 30.7 Å². The van der Waals surface area contributed by atoms with E-state index in [9.17, 15) is 4.79 Å². The van der Waals surface area contributed by atoms with Crippen LogP contribution in [0.5, 0.6) is 5.75 Å². The molecule has 6 heteroatoms. The van der Waals surface area contributed by atoms with Gasteiger partial charge in [-0.15, -0.1) is 0 Å². The number of benzene rings is 1. The predicted molar refractivity (Wildman–Crippen MR) is 88.6 cm³/mol. The van der Waals surface area contributed by atoms with Crippen molar-refractivity contribution in [2.45, 2.75) is 45.6 Å². The maximum atomic E-state index is 12.5. The maximum absolute atomic E-state index is 12.5. The number of aromatic nitrogens is 2. The summed E-state index contributed by atoms with van der Waals surface area (Å²) in [7, 11) is 0. The van der Waals surface area contributed by atoms with E-state index in [1.165, 1.54) is 0 Å². The van der Waals surface area contributed by atoms with Crippen LogP contribution in [0.15, 0.2) is 28.8 Å². The Labute approximate surface area is 141 Å². The van der Waals surface area contributed by atoms with Crippen molar-refractivity contribution >= 4 is 5.91 Å². The molecule has 24 heavy (non-hydrogen) atoms. The molecular formula is C18H23N3O3. The number of ether oxygens (including phenoxy) is 1. The molecule has 1 saturated heterocycles. The van der Waals surface area contributed by atoms with Crippen molar-refractivity contribution in [3.05, 3.63) is 41.5 Å². The van der Waals surface area contributed by atoms with Gasteiger partial charge in [-0.05, 0) is 37.8 Å². The Hall–Kier alpha value is -2.37. The summed E-state index contributed by atoms with van der Waals surface area (Å²) in [6.07, 6.45) is 3.04. The lowest BCUT2D eigenvalue weighted by atomic mass is 10.2. The highest BCUT2D eigenvalue weighted by atomic mass is 16.5. The molecule has 0 radical (unpaired) electrons. The summed E-state index contributed by atoms with van der Waals surface area (Å²) < 4.78 is 10.8. The zero-order chi connectivity index (χ0) is 16.9. The molecule has 1 aromatic carbocycles. The van der Waals surface area contributed by atoms with Crippen molar-refractivity contribution in [1.29, 1.82) is 0 Å². The third-order valence-electron chi connectivity index (χ3n) is 4.30. The molecule has 1 fully saturated rings. The number of hydrogen-bond acceptors (Lipinski definition) is 5. The minimum absolute atomic E-state index is 0.0489. The summed E-state index contributed by atoms with van der Waals surface area (Å²) in [6, 6.07) is 7.86. The van der Waals surface area contributed by atoms with E-state index in [0.29, 0.717) is 31.2 Å². The topological polar surface area (TPSA) is 68.5 Å². The third kappa shape index (κ3) is 3.75. The average Bonchev–Trinajstić information content (AvgIpc) is 3.21. The highest BCUT2D eigenvalue weighted by molar-refractivity contribution is 5.76. The predicted octanol–water partition coefficient (Wildman–Crippen LogP) is 3.21. The fourth-order valence-electron chi connectivity index (χ4n) is 3.05. The second-order valence-electron chi connectivity index (χ2n) is 6.13. The van der Waals surface area contributed by atoms with Crippen molar-refractivity contribution in [2.75, 3.05) is 13.2 Å². The first-order chi connectivity index (χ1) is 11.6. The molecule has 0 N–H and O–H groups in total. The molecule has 0 spiro atoms. The minimum Gasteiger partial charge on any atom is -0.493 e. The van der Waals surface area contributed by atoms with Gasteiger partial charge >= 0.3 is 0 Å². The van der Waals surface area contributed by atoms with Gasteiger partial charge in [0.2, 0.25) is 11.8 Å². The van der Waals surface area contributed by atoms with Gasteiger partial charge in [-0.2, -0.15) is 4.98 Å². The van der Waals surface area contributed by atoms with E-state index < -0.39 is 0 Å². The van der Waals surface area contributed by atoms with E-state index in [2.05, 4.69) is 10.1 Å². The van der Waals surface area contributed by atoms with Crippen molar-refractivity contribution in [3.8, 4) is 5.75 Å².